The Kier molecular flexibility index (Phi) is 3.50. The SMILES string of the molecule is Clc1ccn2c(CN3CCCNCC3)cnc2c1. The molecule has 0 atom stereocenters. The predicted octanol–water partition coefficient (Wildman–Crippen LogP) is 1.78. The summed E-state index contributed by atoms with van der Waals surface area (Å²) in [5.74, 6) is 0. The first-order valence-corrected chi connectivity index (χ1v) is 6.75. The number of hydrogen-bond donors (Lipinski definition) is 1. The van der Waals surface area contributed by atoms with Crippen molar-refractivity contribution in [1.29, 1.82) is 0 Å². The number of nitrogens with one attached hydrogen (secondary N) is 1. The molecule has 4 nitrogen and oxygen atoms in total. The van der Waals surface area contributed by atoms with Gasteiger partial charge in [-0.2, -0.15) is 0 Å². The number of aromatic nitrogens is 2. The summed E-state index contributed by atoms with van der Waals surface area (Å²) in [5.41, 5.74) is 2.15. The van der Waals surface area contributed by atoms with Crippen LogP contribution in [0.5, 0.6) is 0 Å². The number of pyridine rings is 1. The number of rotatable bonds is 2. The summed E-state index contributed by atoms with van der Waals surface area (Å²) in [6.07, 6.45) is 5.16. The van der Waals surface area contributed by atoms with Gasteiger partial charge in [-0.1, -0.05) is 11.6 Å². The van der Waals surface area contributed by atoms with Gasteiger partial charge in [-0.05, 0) is 31.6 Å². The minimum atomic E-state index is 0.735. The van der Waals surface area contributed by atoms with E-state index in [0.29, 0.717) is 0 Å². The van der Waals surface area contributed by atoms with E-state index in [4.69, 9.17) is 11.6 Å². The maximum Gasteiger partial charge on any atom is 0.138 e. The van der Waals surface area contributed by atoms with Crippen molar-refractivity contribution in [3.63, 3.8) is 0 Å². The number of halogens is 1. The van der Waals surface area contributed by atoms with Crippen molar-refractivity contribution in [3.05, 3.63) is 35.2 Å². The fraction of sp³-hybridized carbons (Fsp3) is 0.462. The van der Waals surface area contributed by atoms with E-state index in [1.165, 1.54) is 12.1 Å². The minimum Gasteiger partial charge on any atom is -0.315 e. The second-order valence-corrected chi connectivity index (χ2v) is 5.14. The molecule has 96 valence electrons. The molecule has 3 heterocycles. The van der Waals surface area contributed by atoms with Gasteiger partial charge in [0.1, 0.15) is 5.65 Å². The molecule has 1 fully saturated rings. The molecule has 0 aliphatic carbocycles. The maximum atomic E-state index is 5.97. The number of nitrogens with zero attached hydrogens (tertiary/aromatic N) is 3. The maximum absolute atomic E-state index is 5.97. The zero-order chi connectivity index (χ0) is 12.4. The highest BCUT2D eigenvalue weighted by Gasteiger charge is 2.11. The molecule has 0 unspecified atom stereocenters. The van der Waals surface area contributed by atoms with E-state index in [2.05, 4.69) is 19.6 Å². The first-order valence-electron chi connectivity index (χ1n) is 6.37. The third kappa shape index (κ3) is 2.51. The van der Waals surface area contributed by atoms with Crippen molar-refractivity contribution in [2.24, 2.45) is 0 Å². The third-order valence-electron chi connectivity index (χ3n) is 3.37. The Morgan fingerprint density at radius 2 is 2.28 bits per heavy atom. The van der Waals surface area contributed by atoms with Gasteiger partial charge in [-0.3, -0.25) is 4.90 Å². The molecule has 0 bridgehead atoms. The second kappa shape index (κ2) is 5.26. The molecular weight excluding hydrogens is 248 g/mol. The first kappa shape index (κ1) is 12.0. The number of imidazole rings is 1. The Morgan fingerprint density at radius 1 is 1.33 bits per heavy atom. The van der Waals surface area contributed by atoms with Crippen LogP contribution >= 0.6 is 11.6 Å². The van der Waals surface area contributed by atoms with E-state index < -0.39 is 0 Å². The minimum absolute atomic E-state index is 0.735. The predicted molar refractivity (Wildman–Crippen MR) is 73.0 cm³/mol. The van der Waals surface area contributed by atoms with Gasteiger partial charge >= 0.3 is 0 Å². The van der Waals surface area contributed by atoms with Crippen LogP contribution in [0, 0.1) is 0 Å². The van der Waals surface area contributed by atoms with E-state index in [-0.39, 0.29) is 0 Å². The Morgan fingerprint density at radius 3 is 3.22 bits per heavy atom. The molecule has 0 spiro atoms. The molecule has 5 heteroatoms. The van der Waals surface area contributed by atoms with Crippen LogP contribution in [0.25, 0.3) is 5.65 Å². The Balaban J connectivity index is 1.81. The molecule has 18 heavy (non-hydrogen) atoms. The zero-order valence-electron chi connectivity index (χ0n) is 10.3. The monoisotopic (exact) mass is 264 g/mol. The fourth-order valence-corrected chi connectivity index (χ4v) is 2.57. The van der Waals surface area contributed by atoms with Crippen LogP contribution in [0.1, 0.15) is 12.1 Å². The van der Waals surface area contributed by atoms with Crippen LogP contribution in [-0.4, -0.2) is 40.5 Å². The van der Waals surface area contributed by atoms with Gasteiger partial charge in [0.15, 0.2) is 0 Å². The topological polar surface area (TPSA) is 32.6 Å². The molecule has 2 aromatic rings. The highest BCUT2D eigenvalue weighted by atomic mass is 35.5. The van der Waals surface area contributed by atoms with Crippen LogP contribution in [0.3, 0.4) is 0 Å². The molecule has 1 aliphatic rings. The lowest BCUT2D eigenvalue weighted by molar-refractivity contribution is 0.280. The summed E-state index contributed by atoms with van der Waals surface area (Å²) < 4.78 is 2.12. The summed E-state index contributed by atoms with van der Waals surface area (Å²) in [4.78, 5) is 6.87. The average molecular weight is 265 g/mol. The number of fused-ring (bicyclic) bond motifs is 1. The smallest absolute Gasteiger partial charge is 0.138 e. The van der Waals surface area contributed by atoms with E-state index in [0.717, 1.165) is 43.4 Å². The summed E-state index contributed by atoms with van der Waals surface area (Å²) in [7, 11) is 0. The van der Waals surface area contributed by atoms with Crippen LogP contribution < -0.4 is 5.32 Å². The summed E-state index contributed by atoms with van der Waals surface area (Å²) >= 11 is 5.97. The highest BCUT2D eigenvalue weighted by Crippen LogP contribution is 2.14. The average Bonchev–Trinajstić information content (AvgIpc) is 2.59. The van der Waals surface area contributed by atoms with Crippen LogP contribution in [-0.2, 0) is 6.54 Å². The lowest BCUT2D eigenvalue weighted by Gasteiger charge is -2.18. The van der Waals surface area contributed by atoms with Gasteiger partial charge < -0.3 is 9.72 Å². The van der Waals surface area contributed by atoms with Crippen molar-refractivity contribution < 1.29 is 0 Å². The molecule has 0 radical (unpaired) electrons. The van der Waals surface area contributed by atoms with Crippen molar-refractivity contribution >= 4 is 17.2 Å². The summed E-state index contributed by atoms with van der Waals surface area (Å²) in [6.45, 7) is 5.39. The molecule has 0 aromatic carbocycles. The Hall–Kier alpha value is -1.10. The van der Waals surface area contributed by atoms with E-state index in [1.54, 1.807) is 0 Å². The van der Waals surface area contributed by atoms with Crippen molar-refractivity contribution in [2.45, 2.75) is 13.0 Å². The molecule has 3 rings (SSSR count). The summed E-state index contributed by atoms with van der Waals surface area (Å²) in [5, 5.41) is 4.15. The molecule has 1 N–H and O–H groups in total. The van der Waals surface area contributed by atoms with Crippen molar-refractivity contribution in [3.8, 4) is 0 Å². The fourth-order valence-electron chi connectivity index (χ4n) is 2.41. The second-order valence-electron chi connectivity index (χ2n) is 4.70. The summed E-state index contributed by atoms with van der Waals surface area (Å²) in [6, 6.07) is 3.80. The standard InChI is InChI=1S/C13H17ClN4/c14-11-2-6-18-12(9-16-13(18)8-11)10-17-5-1-3-15-4-7-17/h2,6,8-9,15H,1,3-5,7,10H2. The largest absolute Gasteiger partial charge is 0.315 e. The molecule has 0 amide bonds. The van der Waals surface area contributed by atoms with Gasteiger partial charge in [-0.25, -0.2) is 4.98 Å². The van der Waals surface area contributed by atoms with Crippen molar-refractivity contribution in [1.82, 2.24) is 19.6 Å². The van der Waals surface area contributed by atoms with E-state index in [1.807, 2.05) is 24.5 Å². The van der Waals surface area contributed by atoms with Crippen LogP contribution in [0.15, 0.2) is 24.5 Å². The Labute approximate surface area is 112 Å². The van der Waals surface area contributed by atoms with Gasteiger partial charge in [0.2, 0.25) is 0 Å². The van der Waals surface area contributed by atoms with Gasteiger partial charge in [0.05, 0.1) is 11.9 Å². The molecule has 1 aliphatic heterocycles. The molecule has 0 saturated carbocycles. The van der Waals surface area contributed by atoms with Crippen LogP contribution in [0.2, 0.25) is 5.02 Å². The quantitative estimate of drug-likeness (QED) is 0.898. The van der Waals surface area contributed by atoms with Gasteiger partial charge in [0.25, 0.3) is 0 Å². The van der Waals surface area contributed by atoms with Crippen LogP contribution in [0.4, 0.5) is 0 Å². The Bertz CT molecular complexity index is 529. The first-order chi connectivity index (χ1) is 8.83. The zero-order valence-corrected chi connectivity index (χ0v) is 11.0. The lowest BCUT2D eigenvalue weighted by atomic mass is 10.3. The lowest BCUT2D eigenvalue weighted by Crippen LogP contribution is -2.28. The molecular formula is C13H17ClN4. The number of hydrogen-bond acceptors (Lipinski definition) is 3. The van der Waals surface area contributed by atoms with E-state index in [9.17, 15) is 0 Å². The molecule has 2 aromatic heterocycles. The van der Waals surface area contributed by atoms with Gasteiger partial charge in [-0.15, -0.1) is 0 Å². The molecule has 1 saturated heterocycles. The van der Waals surface area contributed by atoms with E-state index >= 15 is 0 Å². The van der Waals surface area contributed by atoms with Crippen molar-refractivity contribution in [2.75, 3.05) is 26.2 Å². The normalized spacial score (nSPS) is 18.1. The van der Waals surface area contributed by atoms with Gasteiger partial charge in [0, 0.05) is 30.9 Å². The third-order valence-corrected chi connectivity index (χ3v) is 3.61. The highest BCUT2D eigenvalue weighted by molar-refractivity contribution is 6.30.